The molecule has 1 aliphatic rings. The highest BCUT2D eigenvalue weighted by Gasteiger charge is 2.23. The summed E-state index contributed by atoms with van der Waals surface area (Å²) in [5.74, 6) is 0.463. The molecule has 3 aromatic carbocycles. The number of benzene rings is 3. The number of anilines is 2. The molecule has 0 radical (unpaired) electrons. The molecule has 1 aliphatic heterocycles. The van der Waals surface area contributed by atoms with Gasteiger partial charge in [-0.15, -0.1) is 0 Å². The van der Waals surface area contributed by atoms with E-state index in [-0.39, 0.29) is 4.90 Å². The maximum Gasteiger partial charge on any atom is 0.242 e. The second-order valence-electron chi connectivity index (χ2n) is 8.34. The average Bonchev–Trinajstić information content (AvgIpc) is 2.85. The van der Waals surface area contributed by atoms with Crippen LogP contribution in [0.2, 0.25) is 0 Å². The number of nitrogens with one attached hydrogen (secondary N) is 1. The van der Waals surface area contributed by atoms with Crippen molar-refractivity contribution in [1.29, 1.82) is 0 Å². The Morgan fingerprint density at radius 1 is 0.939 bits per heavy atom. The van der Waals surface area contributed by atoms with E-state index < -0.39 is 21.0 Å². The van der Waals surface area contributed by atoms with Crippen molar-refractivity contribution in [3.8, 4) is 0 Å². The third-order valence-corrected chi connectivity index (χ3v) is 8.89. The van der Waals surface area contributed by atoms with Crippen LogP contribution < -0.4 is 9.62 Å². The Hall–Kier alpha value is -2.68. The second kappa shape index (κ2) is 10.1. The number of hydrogen-bond acceptors (Lipinski definition) is 4. The molecular weight excluding hydrogens is 454 g/mol. The molecular formula is C25H29N3O3S2. The van der Waals surface area contributed by atoms with Crippen LogP contribution in [0.25, 0.3) is 0 Å². The van der Waals surface area contributed by atoms with Crippen LogP contribution in [0.4, 0.5) is 11.4 Å². The summed E-state index contributed by atoms with van der Waals surface area (Å²) in [6.45, 7) is 1.86. The Morgan fingerprint density at radius 3 is 2.30 bits per heavy atom. The summed E-state index contributed by atoms with van der Waals surface area (Å²) in [6.07, 6.45) is 2.25. The van der Waals surface area contributed by atoms with Crippen molar-refractivity contribution in [3.05, 3.63) is 84.4 Å². The van der Waals surface area contributed by atoms with Gasteiger partial charge in [0.15, 0.2) is 0 Å². The minimum atomic E-state index is -3.52. The lowest BCUT2D eigenvalue weighted by Crippen LogP contribution is -2.34. The predicted octanol–water partition coefficient (Wildman–Crippen LogP) is 4.46. The summed E-state index contributed by atoms with van der Waals surface area (Å²) in [4.78, 5) is 3.05. The normalized spacial score (nSPS) is 17.7. The van der Waals surface area contributed by atoms with E-state index in [2.05, 4.69) is 40.0 Å². The standard InChI is InChI=1S/C25H29N3O3S2/c1-27(2)33(30,31)23-16-14-22(15-17-23)32(29)26-24-12-6-7-13-25(24)28-18-8-11-21(19-28)20-9-4-3-5-10-20/h3-7,9-10,12-17,21,26H,8,11,18-19H2,1-2H3. The first-order chi connectivity index (χ1) is 15.9. The smallest absolute Gasteiger partial charge is 0.242 e. The van der Waals surface area contributed by atoms with Gasteiger partial charge in [0.25, 0.3) is 0 Å². The van der Waals surface area contributed by atoms with Gasteiger partial charge in [0.05, 0.1) is 21.2 Å². The van der Waals surface area contributed by atoms with Gasteiger partial charge in [-0.05, 0) is 54.8 Å². The van der Waals surface area contributed by atoms with Gasteiger partial charge < -0.3 is 4.90 Å². The SMILES string of the molecule is CN(C)S(=O)(=O)c1ccc(S(=O)Nc2ccccc2N2CCCC(c3ccccc3)C2)cc1. The molecule has 1 heterocycles. The predicted molar refractivity (Wildman–Crippen MR) is 134 cm³/mol. The highest BCUT2D eigenvalue weighted by atomic mass is 32.2. The van der Waals surface area contributed by atoms with E-state index >= 15 is 0 Å². The van der Waals surface area contributed by atoms with E-state index in [9.17, 15) is 12.6 Å². The molecule has 2 atom stereocenters. The van der Waals surface area contributed by atoms with Gasteiger partial charge in [0.1, 0.15) is 11.0 Å². The fourth-order valence-corrected chi connectivity index (χ4v) is 5.91. The molecule has 0 saturated carbocycles. The van der Waals surface area contributed by atoms with Crippen LogP contribution in [0.15, 0.2) is 88.7 Å². The van der Waals surface area contributed by atoms with Crippen molar-refractivity contribution in [2.45, 2.75) is 28.6 Å². The molecule has 6 nitrogen and oxygen atoms in total. The van der Waals surface area contributed by atoms with Gasteiger partial charge in [-0.25, -0.2) is 16.9 Å². The number of para-hydroxylation sites is 2. The van der Waals surface area contributed by atoms with Crippen molar-refractivity contribution in [1.82, 2.24) is 4.31 Å². The molecule has 1 fully saturated rings. The lowest BCUT2D eigenvalue weighted by Gasteiger charge is -2.35. The van der Waals surface area contributed by atoms with Gasteiger partial charge in [-0.3, -0.25) is 4.72 Å². The summed E-state index contributed by atoms with van der Waals surface area (Å²) >= 11 is 0. The first-order valence-electron chi connectivity index (χ1n) is 11.0. The summed E-state index contributed by atoms with van der Waals surface area (Å²) in [7, 11) is -2.07. The van der Waals surface area contributed by atoms with Crippen molar-refractivity contribution < 1.29 is 12.6 Å². The Balaban J connectivity index is 1.51. The Bertz CT molecular complexity index is 1210. The number of piperidine rings is 1. The Labute approximate surface area is 198 Å². The molecule has 0 spiro atoms. The molecule has 0 aromatic heterocycles. The fourth-order valence-electron chi connectivity index (χ4n) is 4.13. The first-order valence-corrected chi connectivity index (χ1v) is 13.5. The molecule has 0 bridgehead atoms. The van der Waals surface area contributed by atoms with E-state index in [1.54, 1.807) is 12.1 Å². The van der Waals surface area contributed by atoms with Crippen LogP contribution in [0.5, 0.6) is 0 Å². The van der Waals surface area contributed by atoms with E-state index in [4.69, 9.17) is 0 Å². The molecule has 3 aromatic rings. The van der Waals surface area contributed by atoms with Crippen molar-refractivity contribution >= 4 is 32.4 Å². The van der Waals surface area contributed by atoms with Gasteiger partial charge in [0.2, 0.25) is 10.0 Å². The molecule has 0 aliphatic carbocycles. The van der Waals surface area contributed by atoms with Crippen molar-refractivity contribution in [2.75, 3.05) is 36.8 Å². The zero-order chi connectivity index (χ0) is 23.4. The molecule has 174 valence electrons. The maximum atomic E-state index is 13.1. The van der Waals surface area contributed by atoms with Gasteiger partial charge in [0, 0.05) is 33.1 Å². The fraction of sp³-hybridized carbons (Fsp3) is 0.280. The zero-order valence-corrected chi connectivity index (χ0v) is 20.5. The largest absolute Gasteiger partial charge is 0.369 e. The van der Waals surface area contributed by atoms with Crippen LogP contribution >= 0.6 is 0 Å². The molecule has 0 amide bonds. The van der Waals surface area contributed by atoms with E-state index in [1.807, 2.05) is 24.3 Å². The van der Waals surface area contributed by atoms with Crippen LogP contribution in [0, 0.1) is 0 Å². The lowest BCUT2D eigenvalue weighted by molar-refractivity contribution is 0.510. The van der Waals surface area contributed by atoms with Gasteiger partial charge in [-0.2, -0.15) is 0 Å². The van der Waals surface area contributed by atoms with Gasteiger partial charge in [-0.1, -0.05) is 42.5 Å². The third-order valence-electron chi connectivity index (χ3n) is 5.96. The minimum absolute atomic E-state index is 0.175. The third kappa shape index (κ3) is 5.29. The number of sulfonamides is 1. The molecule has 1 saturated heterocycles. The van der Waals surface area contributed by atoms with Crippen molar-refractivity contribution in [3.63, 3.8) is 0 Å². The van der Waals surface area contributed by atoms with E-state index in [0.29, 0.717) is 10.8 Å². The maximum absolute atomic E-state index is 13.1. The molecule has 8 heteroatoms. The summed E-state index contributed by atoms with van der Waals surface area (Å²) < 4.78 is 41.9. The van der Waals surface area contributed by atoms with Crippen LogP contribution in [0.3, 0.4) is 0 Å². The number of hydrogen-bond donors (Lipinski definition) is 1. The number of rotatable bonds is 7. The van der Waals surface area contributed by atoms with E-state index in [0.717, 1.165) is 41.6 Å². The second-order valence-corrected chi connectivity index (χ2v) is 11.7. The Kier molecular flexibility index (Phi) is 7.17. The van der Waals surface area contributed by atoms with E-state index in [1.165, 1.54) is 31.8 Å². The minimum Gasteiger partial charge on any atom is -0.369 e. The molecule has 1 N–H and O–H groups in total. The van der Waals surface area contributed by atoms with Crippen molar-refractivity contribution in [2.24, 2.45) is 0 Å². The van der Waals surface area contributed by atoms with Gasteiger partial charge >= 0.3 is 0 Å². The average molecular weight is 484 g/mol. The molecule has 4 rings (SSSR count). The topological polar surface area (TPSA) is 69.7 Å². The highest BCUT2D eigenvalue weighted by Crippen LogP contribution is 2.34. The summed E-state index contributed by atoms with van der Waals surface area (Å²) in [5, 5.41) is 0. The first kappa shape index (κ1) is 23.5. The molecule has 33 heavy (non-hydrogen) atoms. The van der Waals surface area contributed by atoms with Crippen LogP contribution in [-0.2, 0) is 21.0 Å². The Morgan fingerprint density at radius 2 is 1.61 bits per heavy atom. The quantitative estimate of drug-likeness (QED) is 0.539. The highest BCUT2D eigenvalue weighted by molar-refractivity contribution is 7.89. The number of nitrogens with zero attached hydrogens (tertiary/aromatic N) is 2. The summed E-state index contributed by atoms with van der Waals surface area (Å²) in [6, 6.07) is 24.7. The summed E-state index contributed by atoms with van der Waals surface area (Å²) in [5.41, 5.74) is 3.18. The van der Waals surface area contributed by atoms with Crippen LogP contribution in [-0.4, -0.2) is 44.1 Å². The van der Waals surface area contributed by atoms with Crippen LogP contribution in [0.1, 0.15) is 24.3 Å². The molecule has 2 unspecified atom stereocenters. The lowest BCUT2D eigenvalue weighted by atomic mass is 9.90. The monoisotopic (exact) mass is 483 g/mol. The zero-order valence-electron chi connectivity index (χ0n) is 18.8.